The first kappa shape index (κ1) is 38.0. The number of aromatic nitrogens is 1. The summed E-state index contributed by atoms with van der Waals surface area (Å²) in [6, 6.07) is 12.3. The number of Topliss-reactive ketones (excluding diaryl/α,β-unsaturated/α-hetero) is 1. The highest BCUT2D eigenvalue weighted by Crippen LogP contribution is 2.71. The predicted octanol–water partition coefficient (Wildman–Crippen LogP) is 9.89. The summed E-state index contributed by atoms with van der Waals surface area (Å²) in [6.07, 6.45) is 12.4. The molecule has 2 unspecified atom stereocenters. The van der Waals surface area contributed by atoms with Crippen molar-refractivity contribution in [1.29, 1.82) is 0 Å². The number of rotatable bonds is 7. The summed E-state index contributed by atoms with van der Waals surface area (Å²) in [5.74, 6) is 0.488. The van der Waals surface area contributed by atoms with Gasteiger partial charge in [-0.2, -0.15) is 0 Å². The molecule has 1 aromatic heterocycles. The number of nitrogens with zero attached hydrogens (tertiary/aromatic N) is 1. The molecular weight excluding hydrogens is 693 g/mol. The third-order valence-electron chi connectivity index (χ3n) is 16.0. The van der Waals surface area contributed by atoms with Crippen molar-refractivity contribution in [2.45, 2.75) is 136 Å². The lowest BCUT2D eigenvalue weighted by Gasteiger charge is -2.64. The molecule has 2 fully saturated rings. The Morgan fingerprint density at radius 3 is 2.48 bits per heavy atom. The Hall–Kier alpha value is -3.55. The zero-order chi connectivity index (χ0) is 39.9. The Labute approximate surface area is 333 Å². The molecule has 2 aliphatic heterocycles. The first-order valence-corrected chi connectivity index (χ1v) is 21.2. The maximum Gasteiger partial charge on any atom is 0.192 e. The first-order chi connectivity index (χ1) is 26.4. The quantitative estimate of drug-likeness (QED) is 0.165. The van der Waals surface area contributed by atoms with E-state index in [9.17, 15) is 15.0 Å². The summed E-state index contributed by atoms with van der Waals surface area (Å²) in [4.78, 5) is 15.0. The smallest absolute Gasteiger partial charge is 0.192 e. The maximum absolute atomic E-state index is 15.0. The fraction of sp³-hybridized carbons (Fsp3) is 0.540. The minimum absolute atomic E-state index is 0.0604. The Balaban J connectivity index is 1.14. The van der Waals surface area contributed by atoms with Gasteiger partial charge in [0.25, 0.3) is 0 Å². The van der Waals surface area contributed by atoms with E-state index in [-0.39, 0.29) is 28.4 Å². The van der Waals surface area contributed by atoms with Crippen LogP contribution in [0.1, 0.15) is 138 Å². The number of carbonyl (C=O) groups is 1. The molecule has 4 aliphatic carbocycles. The standard InChI is InChI=1S/C50H62N2O4/c1-28(2)41-44(55)39-38-32(35-25-46(4,5)56-47(6,7)40(35)43(38)54)24-33-34-23-31-18-19-36-48(8,21-14-15-29(3)26-51-27-30-16-12-11-13-17-30)37(53)20-22-49(36,9)50(31,10)45(34)52(41)42(33)39/h11-17,21,24-25,31,36-37,40-41,43,51,53-54H,1,18-20,22-23,26-27H2,2-10H3/b21-14+,29-15?/t31?,36-,37-,40?,41-,43+,48-,49-,50+/m0/s1. The molecule has 0 saturated heterocycles. The average Bonchev–Trinajstić information content (AvgIpc) is 3.79. The van der Waals surface area contributed by atoms with Crippen LogP contribution in [0.2, 0.25) is 0 Å². The van der Waals surface area contributed by atoms with Gasteiger partial charge in [-0.25, -0.2) is 0 Å². The number of nitrogens with one attached hydrogen (secondary N) is 1. The number of hydrogen-bond donors (Lipinski definition) is 3. The average molecular weight is 755 g/mol. The fourth-order valence-corrected chi connectivity index (χ4v) is 13.6. The Bertz CT molecular complexity index is 2270. The van der Waals surface area contributed by atoms with Gasteiger partial charge in [0.2, 0.25) is 0 Å². The third kappa shape index (κ3) is 5.04. The molecular formula is C50H62N2O4. The summed E-state index contributed by atoms with van der Waals surface area (Å²) in [5.41, 5.74) is 8.78. The van der Waals surface area contributed by atoms with E-state index in [1.807, 2.05) is 13.0 Å². The molecule has 9 rings (SSSR count). The molecule has 3 aromatic rings. The number of carbonyl (C=O) groups excluding carboxylic acids is 1. The normalized spacial score (nSPS) is 36.3. The minimum Gasteiger partial charge on any atom is -0.392 e. The summed E-state index contributed by atoms with van der Waals surface area (Å²) in [7, 11) is 0. The van der Waals surface area contributed by atoms with E-state index in [0.717, 1.165) is 73.0 Å². The number of fused-ring (bicyclic) bond motifs is 11. The number of allylic oxidation sites excluding steroid dienone is 3. The van der Waals surface area contributed by atoms with E-state index in [1.54, 1.807) is 0 Å². The molecule has 0 radical (unpaired) electrons. The highest BCUT2D eigenvalue weighted by molar-refractivity contribution is 6.18. The monoisotopic (exact) mass is 754 g/mol. The third-order valence-corrected chi connectivity index (χ3v) is 16.0. The van der Waals surface area contributed by atoms with E-state index < -0.39 is 34.9 Å². The second-order valence-electron chi connectivity index (χ2n) is 20.3. The number of ketones is 1. The van der Waals surface area contributed by atoms with Crippen LogP contribution in [-0.2, 0) is 23.1 Å². The van der Waals surface area contributed by atoms with Crippen LogP contribution in [0.15, 0.2) is 78.4 Å². The Kier molecular flexibility index (Phi) is 8.46. The molecule has 6 aliphatic rings. The lowest BCUT2D eigenvalue weighted by atomic mass is 9.40. The highest BCUT2D eigenvalue weighted by Gasteiger charge is 2.67. The molecule has 296 valence electrons. The molecule has 9 atom stereocenters. The van der Waals surface area contributed by atoms with Crippen LogP contribution < -0.4 is 5.32 Å². The van der Waals surface area contributed by atoms with Crippen molar-refractivity contribution < 1.29 is 19.7 Å². The minimum atomic E-state index is -0.836. The van der Waals surface area contributed by atoms with Gasteiger partial charge in [0, 0.05) is 46.5 Å². The molecule has 0 bridgehead atoms. The molecule has 6 nitrogen and oxygen atoms in total. The number of aliphatic hydroxyl groups excluding tert-OH is 2. The van der Waals surface area contributed by atoms with Crippen LogP contribution in [0.4, 0.5) is 0 Å². The van der Waals surface area contributed by atoms with Gasteiger partial charge in [-0.1, -0.05) is 87.1 Å². The summed E-state index contributed by atoms with van der Waals surface area (Å²) >= 11 is 0. The van der Waals surface area contributed by atoms with E-state index in [0.29, 0.717) is 11.5 Å². The van der Waals surface area contributed by atoms with E-state index >= 15 is 0 Å². The van der Waals surface area contributed by atoms with Crippen LogP contribution in [0.5, 0.6) is 0 Å². The molecule has 3 N–H and O–H groups in total. The van der Waals surface area contributed by atoms with Crippen molar-refractivity contribution in [3.8, 4) is 0 Å². The molecule has 0 amide bonds. The van der Waals surface area contributed by atoms with Gasteiger partial charge in [0.15, 0.2) is 5.78 Å². The predicted molar refractivity (Wildman–Crippen MR) is 226 cm³/mol. The lowest BCUT2D eigenvalue weighted by molar-refractivity contribution is -0.144. The van der Waals surface area contributed by atoms with E-state index in [2.05, 4.69) is 126 Å². The topological polar surface area (TPSA) is 83.7 Å². The summed E-state index contributed by atoms with van der Waals surface area (Å²) in [5, 5.41) is 28.9. The SMILES string of the molecule is C=C(C)[C@H]1C(=O)c2c3c(cc4c5c(n1c24)[C@@]1(C)C(CC[C@H]2[C@](C)(/C=C/C=C(C)CNCc4ccccc4)[C@@H](O)CC[C@@]21C)C5)C1=CC(C)(C)OC(C)(C)C1[C@@H]3O. The van der Waals surface area contributed by atoms with Gasteiger partial charge in [-0.15, -0.1) is 0 Å². The van der Waals surface area contributed by atoms with E-state index in [1.165, 1.54) is 27.8 Å². The second-order valence-corrected chi connectivity index (χ2v) is 20.3. The van der Waals surface area contributed by atoms with Crippen molar-refractivity contribution >= 4 is 22.3 Å². The number of hydrogen-bond acceptors (Lipinski definition) is 5. The zero-order valence-corrected chi connectivity index (χ0v) is 35.1. The molecule has 2 aromatic carbocycles. The van der Waals surface area contributed by atoms with Crippen molar-refractivity contribution in [3.63, 3.8) is 0 Å². The number of ether oxygens (including phenoxy) is 1. The molecule has 0 spiro atoms. The van der Waals surface area contributed by atoms with Crippen LogP contribution >= 0.6 is 0 Å². The van der Waals surface area contributed by atoms with Gasteiger partial charge in [0.1, 0.15) is 6.04 Å². The first-order valence-electron chi connectivity index (χ1n) is 21.2. The van der Waals surface area contributed by atoms with Crippen LogP contribution in [0.3, 0.4) is 0 Å². The van der Waals surface area contributed by atoms with Crippen molar-refractivity contribution in [3.05, 3.63) is 112 Å². The molecule has 2 saturated carbocycles. The van der Waals surface area contributed by atoms with Crippen molar-refractivity contribution in [1.82, 2.24) is 9.88 Å². The zero-order valence-electron chi connectivity index (χ0n) is 35.1. The lowest BCUT2D eigenvalue weighted by Crippen LogP contribution is -2.62. The van der Waals surface area contributed by atoms with Crippen LogP contribution in [0, 0.1) is 28.6 Å². The molecule has 3 heterocycles. The molecule has 6 heteroatoms. The van der Waals surface area contributed by atoms with Gasteiger partial charge in [-0.3, -0.25) is 4.79 Å². The second kappa shape index (κ2) is 12.5. The van der Waals surface area contributed by atoms with Gasteiger partial charge in [0.05, 0.1) is 34.5 Å². The summed E-state index contributed by atoms with van der Waals surface area (Å²) < 4.78 is 8.97. The fourth-order valence-electron chi connectivity index (χ4n) is 13.6. The molecule has 56 heavy (non-hydrogen) atoms. The van der Waals surface area contributed by atoms with Crippen LogP contribution in [0.25, 0.3) is 16.5 Å². The van der Waals surface area contributed by atoms with Gasteiger partial charge >= 0.3 is 0 Å². The maximum atomic E-state index is 15.0. The van der Waals surface area contributed by atoms with Crippen molar-refractivity contribution in [2.75, 3.05) is 6.54 Å². The summed E-state index contributed by atoms with van der Waals surface area (Å²) in [6.45, 7) is 25.9. The van der Waals surface area contributed by atoms with Gasteiger partial charge < -0.3 is 24.8 Å². The largest absolute Gasteiger partial charge is 0.392 e. The van der Waals surface area contributed by atoms with E-state index in [4.69, 9.17) is 4.74 Å². The number of benzene rings is 2. The number of aliphatic hydroxyl groups is 2. The van der Waals surface area contributed by atoms with Gasteiger partial charge in [-0.05, 0) is 125 Å². The van der Waals surface area contributed by atoms with Crippen LogP contribution in [-0.4, -0.2) is 44.4 Å². The highest BCUT2D eigenvalue weighted by atomic mass is 16.5. The van der Waals surface area contributed by atoms with Crippen molar-refractivity contribution in [2.24, 2.45) is 28.6 Å². The Morgan fingerprint density at radius 2 is 1.77 bits per heavy atom. The Morgan fingerprint density at radius 1 is 1.04 bits per heavy atom.